The number of benzene rings is 1. The summed E-state index contributed by atoms with van der Waals surface area (Å²) in [4.78, 5) is 49.1. The van der Waals surface area contributed by atoms with Gasteiger partial charge in [0.05, 0.1) is 11.4 Å². The second-order valence-corrected chi connectivity index (χ2v) is 10.8. The number of hydrogen-bond donors (Lipinski definition) is 2. The highest BCUT2D eigenvalue weighted by Gasteiger charge is 2.35. The zero-order valence-corrected chi connectivity index (χ0v) is 22.5. The van der Waals surface area contributed by atoms with Crippen LogP contribution in [0, 0.1) is 5.92 Å². The number of carbonyl (C=O) groups excluding carboxylic acids is 2. The van der Waals surface area contributed by atoms with Crippen molar-refractivity contribution in [2.45, 2.75) is 18.9 Å². The molecule has 5 heterocycles. The molecule has 3 aromatic heterocycles. The van der Waals surface area contributed by atoms with Crippen molar-refractivity contribution >= 4 is 44.9 Å². The fraction of sp³-hybridized carbons (Fsp3) is 0.207. The van der Waals surface area contributed by atoms with E-state index < -0.39 is 0 Å². The van der Waals surface area contributed by atoms with Gasteiger partial charge in [0, 0.05) is 71.5 Å². The largest absolute Gasteiger partial charge is 0.369 e. The molecule has 0 spiro atoms. The summed E-state index contributed by atoms with van der Waals surface area (Å²) in [6.45, 7) is 2.11. The number of halogens is 1. The SMILES string of the molecule is O=C(Nc1ccc(Br)cn1)c1ccc(N2CC3CC(C2)c2cccc(=O)n2C3)c(NC(=O)c2ccncc2)c1. The Labute approximate surface area is 233 Å². The van der Waals surface area contributed by atoms with Gasteiger partial charge in [0.15, 0.2) is 0 Å². The van der Waals surface area contributed by atoms with Gasteiger partial charge in [-0.25, -0.2) is 4.98 Å². The van der Waals surface area contributed by atoms with E-state index in [0.717, 1.165) is 28.8 Å². The molecule has 39 heavy (non-hydrogen) atoms. The number of aromatic nitrogens is 3. The van der Waals surface area contributed by atoms with Gasteiger partial charge in [-0.3, -0.25) is 19.4 Å². The molecular formula is C29H25BrN6O3. The molecule has 6 rings (SSSR count). The quantitative estimate of drug-likeness (QED) is 0.357. The number of carbonyl (C=O) groups is 2. The van der Waals surface area contributed by atoms with E-state index in [1.54, 1.807) is 61.1 Å². The monoisotopic (exact) mass is 584 g/mol. The number of nitrogens with zero attached hydrogens (tertiary/aromatic N) is 4. The highest BCUT2D eigenvalue weighted by molar-refractivity contribution is 9.10. The minimum absolute atomic E-state index is 0.0385. The molecule has 2 aliphatic heterocycles. The van der Waals surface area contributed by atoms with E-state index in [2.05, 4.69) is 41.4 Å². The van der Waals surface area contributed by atoms with Crippen LogP contribution in [0.1, 0.15) is 38.7 Å². The average Bonchev–Trinajstić information content (AvgIpc) is 2.95. The van der Waals surface area contributed by atoms with Gasteiger partial charge < -0.3 is 20.1 Å². The Morgan fingerprint density at radius 2 is 1.72 bits per heavy atom. The first-order valence-corrected chi connectivity index (χ1v) is 13.5. The summed E-state index contributed by atoms with van der Waals surface area (Å²) in [6, 6.07) is 17.6. The van der Waals surface area contributed by atoms with E-state index in [0.29, 0.717) is 41.6 Å². The van der Waals surface area contributed by atoms with Crippen LogP contribution in [0.25, 0.3) is 0 Å². The first-order chi connectivity index (χ1) is 18.9. The molecule has 2 bridgehead atoms. The Balaban J connectivity index is 1.32. The summed E-state index contributed by atoms with van der Waals surface area (Å²) < 4.78 is 2.70. The lowest BCUT2D eigenvalue weighted by molar-refractivity contribution is 0.101. The van der Waals surface area contributed by atoms with E-state index in [1.165, 1.54) is 0 Å². The van der Waals surface area contributed by atoms with Crippen LogP contribution in [0.15, 0.2) is 88.5 Å². The number of fused-ring (bicyclic) bond motifs is 4. The Hall–Kier alpha value is -4.31. The smallest absolute Gasteiger partial charge is 0.256 e. The third-order valence-electron chi connectivity index (χ3n) is 7.24. The minimum Gasteiger partial charge on any atom is -0.369 e. The lowest BCUT2D eigenvalue weighted by Gasteiger charge is -2.44. The van der Waals surface area contributed by atoms with Crippen LogP contribution in [0.3, 0.4) is 0 Å². The molecule has 2 N–H and O–H groups in total. The Morgan fingerprint density at radius 1 is 0.897 bits per heavy atom. The third kappa shape index (κ3) is 5.20. The summed E-state index contributed by atoms with van der Waals surface area (Å²) in [5.41, 5.74) is 3.31. The third-order valence-corrected chi connectivity index (χ3v) is 7.71. The number of hydrogen-bond acceptors (Lipinski definition) is 6. The second kappa shape index (κ2) is 10.5. The van der Waals surface area contributed by atoms with Crippen LogP contribution in [0.5, 0.6) is 0 Å². The van der Waals surface area contributed by atoms with E-state index >= 15 is 0 Å². The molecule has 0 radical (unpaired) electrons. The number of nitrogens with one attached hydrogen (secondary N) is 2. The first-order valence-electron chi connectivity index (χ1n) is 12.7. The molecule has 0 aliphatic carbocycles. The molecule has 4 aromatic rings. The topological polar surface area (TPSA) is 109 Å². The highest BCUT2D eigenvalue weighted by atomic mass is 79.9. The number of amides is 2. The molecule has 2 unspecified atom stereocenters. The summed E-state index contributed by atoms with van der Waals surface area (Å²) in [6.07, 6.45) is 5.75. The van der Waals surface area contributed by atoms with Crippen LogP contribution in [-0.4, -0.2) is 39.4 Å². The zero-order chi connectivity index (χ0) is 26.9. The molecule has 196 valence electrons. The van der Waals surface area contributed by atoms with Crippen molar-refractivity contribution in [2.75, 3.05) is 28.6 Å². The average molecular weight is 585 g/mol. The standard InChI is InChI=1S/C29H25BrN6O3/c30-22-5-7-26(32-14-22)34-29(39)20-4-6-25(23(13-20)33-28(38)19-8-10-31-11-9-19)35-15-18-12-21(17-35)24-2-1-3-27(37)36(24)16-18/h1-11,13-14,18,21H,12,15-17H2,(H,33,38)(H,32,34,39). The van der Waals surface area contributed by atoms with Crippen molar-refractivity contribution in [1.29, 1.82) is 0 Å². The minimum atomic E-state index is -0.334. The molecule has 1 saturated heterocycles. The van der Waals surface area contributed by atoms with Crippen molar-refractivity contribution in [2.24, 2.45) is 5.92 Å². The molecule has 10 heteroatoms. The summed E-state index contributed by atoms with van der Waals surface area (Å²) >= 11 is 3.34. The molecule has 9 nitrogen and oxygen atoms in total. The fourth-order valence-electron chi connectivity index (χ4n) is 5.48. The normalized spacial score (nSPS) is 17.7. The van der Waals surface area contributed by atoms with Gasteiger partial charge in [0.1, 0.15) is 5.82 Å². The van der Waals surface area contributed by atoms with Crippen LogP contribution in [0.2, 0.25) is 0 Å². The molecular weight excluding hydrogens is 560 g/mol. The first kappa shape index (κ1) is 25.0. The van der Waals surface area contributed by atoms with Gasteiger partial charge in [-0.05, 0) is 76.8 Å². The molecule has 1 aromatic carbocycles. The van der Waals surface area contributed by atoms with Gasteiger partial charge in [0.2, 0.25) is 0 Å². The van der Waals surface area contributed by atoms with Gasteiger partial charge >= 0.3 is 0 Å². The Bertz CT molecular complexity index is 1610. The Kier molecular flexibility index (Phi) is 6.70. The van der Waals surface area contributed by atoms with Gasteiger partial charge in [-0.2, -0.15) is 0 Å². The molecule has 2 amide bonds. The molecule has 0 saturated carbocycles. The second-order valence-electron chi connectivity index (χ2n) is 9.84. The van der Waals surface area contributed by atoms with E-state index in [-0.39, 0.29) is 23.3 Å². The summed E-state index contributed by atoms with van der Waals surface area (Å²) in [5.74, 6) is 0.292. The number of piperidine rings is 1. The van der Waals surface area contributed by atoms with Crippen LogP contribution in [0.4, 0.5) is 17.2 Å². The van der Waals surface area contributed by atoms with Crippen molar-refractivity contribution in [1.82, 2.24) is 14.5 Å². The van der Waals surface area contributed by atoms with E-state index in [9.17, 15) is 14.4 Å². The van der Waals surface area contributed by atoms with E-state index in [4.69, 9.17) is 0 Å². The van der Waals surface area contributed by atoms with Crippen LogP contribution in [-0.2, 0) is 6.54 Å². The summed E-state index contributed by atoms with van der Waals surface area (Å²) in [7, 11) is 0. The van der Waals surface area contributed by atoms with Crippen molar-refractivity contribution in [3.63, 3.8) is 0 Å². The van der Waals surface area contributed by atoms with Gasteiger partial charge in [-0.15, -0.1) is 0 Å². The zero-order valence-electron chi connectivity index (χ0n) is 20.9. The maximum absolute atomic E-state index is 13.1. The van der Waals surface area contributed by atoms with Crippen LogP contribution >= 0.6 is 15.9 Å². The maximum atomic E-state index is 13.1. The van der Waals surface area contributed by atoms with Crippen molar-refractivity contribution in [3.8, 4) is 0 Å². The molecule has 2 aliphatic rings. The molecule has 2 atom stereocenters. The number of pyridine rings is 3. The fourth-order valence-corrected chi connectivity index (χ4v) is 5.72. The Morgan fingerprint density at radius 3 is 2.51 bits per heavy atom. The highest BCUT2D eigenvalue weighted by Crippen LogP contribution is 2.39. The van der Waals surface area contributed by atoms with Gasteiger partial charge in [-0.1, -0.05) is 6.07 Å². The van der Waals surface area contributed by atoms with Crippen LogP contribution < -0.4 is 21.1 Å². The number of rotatable bonds is 5. The lowest BCUT2D eigenvalue weighted by atomic mass is 9.83. The maximum Gasteiger partial charge on any atom is 0.256 e. The predicted octanol–water partition coefficient (Wildman–Crippen LogP) is 4.53. The lowest BCUT2D eigenvalue weighted by Crippen LogP contribution is -2.47. The van der Waals surface area contributed by atoms with Crippen molar-refractivity contribution < 1.29 is 9.59 Å². The van der Waals surface area contributed by atoms with Gasteiger partial charge in [0.25, 0.3) is 17.4 Å². The predicted molar refractivity (Wildman–Crippen MR) is 152 cm³/mol. The molecule has 1 fully saturated rings. The summed E-state index contributed by atoms with van der Waals surface area (Å²) in [5, 5.41) is 5.83. The number of anilines is 3. The van der Waals surface area contributed by atoms with Crippen molar-refractivity contribution in [3.05, 3.63) is 111 Å². The van der Waals surface area contributed by atoms with E-state index in [1.807, 2.05) is 22.8 Å².